The molecule has 1 aromatic carbocycles. The van der Waals surface area contributed by atoms with Crippen molar-refractivity contribution in [1.29, 1.82) is 0 Å². The molecule has 0 radical (unpaired) electrons. The average Bonchev–Trinajstić information content (AvgIpc) is 2.67. The van der Waals surface area contributed by atoms with Crippen LogP contribution in [-0.4, -0.2) is 28.4 Å². The quantitative estimate of drug-likeness (QED) is 0.853. The van der Waals surface area contributed by atoms with Crippen LogP contribution in [0.25, 0.3) is 0 Å². The molecule has 1 aliphatic carbocycles. The third-order valence-corrected chi connectivity index (χ3v) is 5.50. The number of carbonyl (C=O) groups excluding carboxylic acids is 2. The molecule has 4 rings (SSSR count). The Morgan fingerprint density at radius 1 is 1.22 bits per heavy atom. The summed E-state index contributed by atoms with van der Waals surface area (Å²) in [7, 11) is 0. The van der Waals surface area contributed by atoms with Gasteiger partial charge in [0.2, 0.25) is 5.91 Å². The van der Waals surface area contributed by atoms with Gasteiger partial charge in [0.15, 0.2) is 0 Å². The van der Waals surface area contributed by atoms with E-state index in [0.29, 0.717) is 30.8 Å². The molecule has 6 nitrogen and oxygen atoms in total. The summed E-state index contributed by atoms with van der Waals surface area (Å²) in [5.41, 5.74) is 1.20. The summed E-state index contributed by atoms with van der Waals surface area (Å²) >= 11 is 0. The van der Waals surface area contributed by atoms with Crippen molar-refractivity contribution in [2.24, 2.45) is 0 Å². The lowest BCUT2D eigenvalue weighted by atomic mass is 9.68. The number of pyridine rings is 1. The van der Waals surface area contributed by atoms with Crippen molar-refractivity contribution in [2.45, 2.75) is 50.3 Å². The van der Waals surface area contributed by atoms with Crippen molar-refractivity contribution in [1.82, 2.24) is 15.6 Å². The first kappa shape index (κ1) is 17.5. The van der Waals surface area contributed by atoms with Gasteiger partial charge in [-0.25, -0.2) is 0 Å². The number of rotatable bonds is 5. The largest absolute Gasteiger partial charge is 0.487 e. The Kier molecular flexibility index (Phi) is 4.79. The number of piperidine rings is 1. The van der Waals surface area contributed by atoms with Crippen LogP contribution < -0.4 is 15.4 Å². The SMILES string of the molecule is O=C1CCC(NC(=O)c2ccc(OCc3ccccn3)cc2)C2(CCC2)N1. The second kappa shape index (κ2) is 7.39. The van der Waals surface area contributed by atoms with E-state index in [1.54, 1.807) is 30.5 Å². The minimum Gasteiger partial charge on any atom is -0.487 e. The van der Waals surface area contributed by atoms with Crippen molar-refractivity contribution < 1.29 is 14.3 Å². The summed E-state index contributed by atoms with van der Waals surface area (Å²) < 4.78 is 5.71. The molecule has 1 atom stereocenters. The third kappa shape index (κ3) is 3.79. The Morgan fingerprint density at radius 2 is 2.04 bits per heavy atom. The lowest BCUT2D eigenvalue weighted by Gasteiger charge is -2.50. The van der Waals surface area contributed by atoms with Gasteiger partial charge in [-0.2, -0.15) is 0 Å². The highest BCUT2D eigenvalue weighted by atomic mass is 16.5. The Labute approximate surface area is 158 Å². The predicted molar refractivity (Wildman–Crippen MR) is 100 cm³/mol. The van der Waals surface area contributed by atoms with Crippen LogP contribution in [0.15, 0.2) is 48.7 Å². The molecular formula is C21H23N3O3. The van der Waals surface area contributed by atoms with E-state index in [2.05, 4.69) is 15.6 Å². The first-order valence-electron chi connectivity index (χ1n) is 9.39. The summed E-state index contributed by atoms with van der Waals surface area (Å²) in [5.74, 6) is 0.672. The summed E-state index contributed by atoms with van der Waals surface area (Å²) in [6.45, 7) is 0.386. The zero-order valence-corrected chi connectivity index (χ0v) is 15.1. The van der Waals surface area contributed by atoms with Gasteiger partial charge < -0.3 is 15.4 Å². The minimum absolute atomic E-state index is 0.00321. The fraction of sp³-hybridized carbons (Fsp3) is 0.381. The van der Waals surface area contributed by atoms with E-state index in [0.717, 1.165) is 25.0 Å². The molecule has 2 N–H and O–H groups in total. The van der Waals surface area contributed by atoms with Gasteiger partial charge in [0.25, 0.3) is 5.91 Å². The van der Waals surface area contributed by atoms with E-state index in [1.807, 2.05) is 18.2 Å². The number of hydrogen-bond acceptors (Lipinski definition) is 4. The number of benzene rings is 1. The number of amides is 2. The molecule has 2 heterocycles. The molecule has 1 unspecified atom stereocenters. The first-order valence-corrected chi connectivity index (χ1v) is 9.39. The van der Waals surface area contributed by atoms with E-state index in [4.69, 9.17) is 4.74 Å². The van der Waals surface area contributed by atoms with Gasteiger partial charge in [0.1, 0.15) is 12.4 Å². The standard InChI is InChI=1S/C21H23N3O3/c25-19-10-9-18(21(24-19)11-3-12-21)23-20(26)15-5-7-17(8-6-15)27-14-16-4-1-2-13-22-16/h1-2,4-8,13,18H,3,9-12,14H2,(H,23,26)(H,24,25). The Bertz CT molecular complexity index is 816. The molecule has 140 valence electrons. The van der Waals surface area contributed by atoms with Gasteiger partial charge in [-0.15, -0.1) is 0 Å². The van der Waals surface area contributed by atoms with Crippen LogP contribution in [0.5, 0.6) is 5.75 Å². The summed E-state index contributed by atoms with van der Waals surface area (Å²) in [6, 6.07) is 12.8. The number of hydrogen-bond donors (Lipinski definition) is 2. The maximum absolute atomic E-state index is 12.6. The van der Waals surface area contributed by atoms with Gasteiger partial charge in [0.05, 0.1) is 17.3 Å². The molecule has 2 fully saturated rings. The lowest BCUT2D eigenvalue weighted by molar-refractivity contribution is -0.127. The molecule has 27 heavy (non-hydrogen) atoms. The van der Waals surface area contributed by atoms with Gasteiger partial charge in [0, 0.05) is 18.2 Å². The van der Waals surface area contributed by atoms with Gasteiger partial charge in [-0.05, 0) is 62.1 Å². The van der Waals surface area contributed by atoms with E-state index in [1.165, 1.54) is 0 Å². The molecule has 6 heteroatoms. The van der Waals surface area contributed by atoms with Crippen LogP contribution in [0, 0.1) is 0 Å². The first-order chi connectivity index (χ1) is 13.1. The summed E-state index contributed by atoms with van der Waals surface area (Å²) in [4.78, 5) is 28.6. The van der Waals surface area contributed by atoms with Crippen molar-refractivity contribution in [3.63, 3.8) is 0 Å². The number of aromatic nitrogens is 1. The number of nitrogens with one attached hydrogen (secondary N) is 2. The highest BCUT2D eigenvalue weighted by Crippen LogP contribution is 2.39. The molecule has 2 aliphatic rings. The second-order valence-electron chi connectivity index (χ2n) is 7.26. The van der Waals surface area contributed by atoms with Crippen molar-refractivity contribution in [2.75, 3.05) is 0 Å². The molecular weight excluding hydrogens is 342 g/mol. The average molecular weight is 365 g/mol. The Balaban J connectivity index is 1.35. The highest BCUT2D eigenvalue weighted by molar-refractivity contribution is 5.94. The monoisotopic (exact) mass is 365 g/mol. The normalized spacial score (nSPS) is 20.4. The van der Waals surface area contributed by atoms with E-state index in [9.17, 15) is 9.59 Å². The number of ether oxygens (including phenoxy) is 1. The fourth-order valence-corrected chi connectivity index (χ4v) is 3.81. The third-order valence-electron chi connectivity index (χ3n) is 5.50. The molecule has 2 aromatic rings. The van der Waals surface area contributed by atoms with Crippen LogP contribution in [0.1, 0.15) is 48.2 Å². The van der Waals surface area contributed by atoms with Crippen molar-refractivity contribution >= 4 is 11.8 Å². The van der Waals surface area contributed by atoms with Crippen LogP contribution in [0.2, 0.25) is 0 Å². The second-order valence-corrected chi connectivity index (χ2v) is 7.26. The number of carbonyl (C=O) groups is 2. The van der Waals surface area contributed by atoms with Crippen LogP contribution >= 0.6 is 0 Å². The molecule has 1 saturated heterocycles. The summed E-state index contributed by atoms with van der Waals surface area (Å²) in [5, 5.41) is 6.22. The molecule has 1 aromatic heterocycles. The Morgan fingerprint density at radius 3 is 2.70 bits per heavy atom. The van der Waals surface area contributed by atoms with E-state index >= 15 is 0 Å². The zero-order valence-electron chi connectivity index (χ0n) is 15.1. The summed E-state index contributed by atoms with van der Waals surface area (Å²) in [6.07, 6.45) is 5.85. The molecule has 1 aliphatic heterocycles. The van der Waals surface area contributed by atoms with Gasteiger partial charge >= 0.3 is 0 Å². The highest BCUT2D eigenvalue weighted by Gasteiger charge is 2.48. The smallest absolute Gasteiger partial charge is 0.251 e. The van der Waals surface area contributed by atoms with Gasteiger partial charge in [-0.1, -0.05) is 6.07 Å². The van der Waals surface area contributed by atoms with E-state index < -0.39 is 0 Å². The topological polar surface area (TPSA) is 80.3 Å². The van der Waals surface area contributed by atoms with Crippen LogP contribution in [0.3, 0.4) is 0 Å². The van der Waals surface area contributed by atoms with Crippen molar-refractivity contribution in [3.8, 4) is 5.75 Å². The van der Waals surface area contributed by atoms with Crippen LogP contribution in [-0.2, 0) is 11.4 Å². The molecule has 2 amide bonds. The zero-order chi connectivity index (χ0) is 18.7. The molecule has 0 bridgehead atoms. The minimum atomic E-state index is -0.239. The molecule has 1 spiro atoms. The van der Waals surface area contributed by atoms with Crippen molar-refractivity contribution in [3.05, 3.63) is 59.9 Å². The number of nitrogens with zero attached hydrogens (tertiary/aromatic N) is 1. The molecule has 1 saturated carbocycles. The van der Waals surface area contributed by atoms with Crippen LogP contribution in [0.4, 0.5) is 0 Å². The van der Waals surface area contributed by atoms with E-state index in [-0.39, 0.29) is 23.4 Å². The van der Waals surface area contributed by atoms with Gasteiger partial charge in [-0.3, -0.25) is 14.6 Å². The predicted octanol–water partition coefficient (Wildman–Crippen LogP) is 2.59. The fourth-order valence-electron chi connectivity index (χ4n) is 3.81. The maximum atomic E-state index is 12.6. The lowest BCUT2D eigenvalue weighted by Crippen LogP contribution is -2.68. The Hall–Kier alpha value is -2.89. The maximum Gasteiger partial charge on any atom is 0.251 e.